The van der Waals surface area contributed by atoms with Crippen molar-refractivity contribution in [2.45, 2.75) is 6.43 Å². The van der Waals surface area contributed by atoms with Crippen molar-refractivity contribution < 1.29 is 22.9 Å². The topological polar surface area (TPSA) is 109 Å². The quantitative estimate of drug-likeness (QED) is 0.658. The van der Waals surface area contributed by atoms with Crippen LogP contribution in [0.4, 0.5) is 20.2 Å². The molecule has 0 aliphatic carbocycles. The molecule has 0 spiro atoms. The van der Waals surface area contributed by atoms with Crippen molar-refractivity contribution in [2.75, 3.05) is 36.4 Å². The molecule has 0 saturated carbocycles. The minimum atomic E-state index is -2.80. The summed E-state index contributed by atoms with van der Waals surface area (Å²) in [5.74, 6) is -0.799. The molecule has 1 N–H and O–H groups in total. The van der Waals surface area contributed by atoms with Crippen LogP contribution in [-0.2, 0) is 7.05 Å². The number of hydrogen-bond donors (Lipinski definition) is 1. The Morgan fingerprint density at radius 2 is 1.84 bits per heavy atom. The maximum atomic E-state index is 12.6. The lowest BCUT2D eigenvalue weighted by molar-refractivity contribution is 0.0729. The Morgan fingerprint density at radius 1 is 1.13 bits per heavy atom. The average Bonchev–Trinajstić information content (AvgIpc) is 3.43. The number of nitrogens with zero attached hydrogens (tertiary/aromatic N) is 6. The number of aromatic nitrogens is 4. The third-order valence-corrected chi connectivity index (χ3v) is 4.94. The highest BCUT2D eigenvalue weighted by molar-refractivity contribution is 6.02. The number of alkyl halides is 2. The predicted molar refractivity (Wildman–Crippen MR) is 105 cm³/mol. The van der Waals surface area contributed by atoms with Crippen LogP contribution in [0.1, 0.15) is 33.3 Å². The lowest BCUT2D eigenvalue weighted by Crippen LogP contribution is -2.49. The molecule has 0 atom stereocenters. The Labute approximate surface area is 175 Å². The van der Waals surface area contributed by atoms with Crippen molar-refractivity contribution in [1.82, 2.24) is 24.8 Å². The molecule has 0 radical (unpaired) electrons. The molecule has 10 nitrogen and oxygen atoms in total. The number of halogens is 2. The molecule has 162 valence electrons. The highest BCUT2D eigenvalue weighted by atomic mass is 19.3. The molecule has 0 bridgehead atoms. The van der Waals surface area contributed by atoms with Crippen LogP contribution in [0.5, 0.6) is 0 Å². The molecule has 3 aromatic rings. The highest BCUT2D eigenvalue weighted by Gasteiger charge is 2.25. The number of hydrogen-bond acceptors (Lipinski definition) is 7. The van der Waals surface area contributed by atoms with Crippen molar-refractivity contribution in [3.63, 3.8) is 0 Å². The Kier molecular flexibility index (Phi) is 5.60. The molecule has 1 aliphatic rings. The van der Waals surface area contributed by atoms with Gasteiger partial charge in [0.05, 0.1) is 0 Å². The molecular formula is C19H19F2N7O3. The first kappa shape index (κ1) is 20.4. The van der Waals surface area contributed by atoms with Crippen molar-refractivity contribution in [3.05, 3.63) is 53.9 Å². The number of nitrogens with one attached hydrogen (secondary N) is 1. The number of aryl methyl sites for hydroxylation is 1. The van der Waals surface area contributed by atoms with Gasteiger partial charge in [0, 0.05) is 50.7 Å². The average molecular weight is 431 g/mol. The SMILES string of the molecule is Cn1ncnc1C(=O)N1CCN(c2ccc(NC(=O)c3cc(C(F)F)no3)cc2)CC1. The fraction of sp³-hybridized carbons (Fsp3) is 0.316. The Morgan fingerprint density at radius 3 is 2.42 bits per heavy atom. The standard InChI is InChI=1S/C19H19F2N7O3/c1-26-17(22-11-23-26)19(30)28-8-6-27(7-9-28)13-4-2-12(3-5-13)24-18(29)15-10-14(16(20)21)25-31-15/h2-5,10-11,16H,6-9H2,1H3,(H,24,29). The lowest BCUT2D eigenvalue weighted by Gasteiger charge is -2.35. The van der Waals surface area contributed by atoms with Crippen LogP contribution >= 0.6 is 0 Å². The predicted octanol–water partition coefficient (Wildman–Crippen LogP) is 1.96. The van der Waals surface area contributed by atoms with Crippen LogP contribution < -0.4 is 10.2 Å². The number of carbonyl (C=O) groups excluding carboxylic acids is 2. The van der Waals surface area contributed by atoms with E-state index in [0.29, 0.717) is 37.7 Å². The zero-order valence-electron chi connectivity index (χ0n) is 16.5. The Hall–Kier alpha value is -3.83. The third-order valence-electron chi connectivity index (χ3n) is 4.94. The van der Waals surface area contributed by atoms with Crippen molar-refractivity contribution in [3.8, 4) is 0 Å². The number of piperazine rings is 1. The zero-order valence-corrected chi connectivity index (χ0v) is 16.5. The molecule has 12 heteroatoms. The van der Waals surface area contributed by atoms with Gasteiger partial charge in [0.25, 0.3) is 18.2 Å². The van der Waals surface area contributed by atoms with Gasteiger partial charge < -0.3 is 19.6 Å². The van der Waals surface area contributed by atoms with Crippen molar-refractivity contribution >= 4 is 23.2 Å². The van der Waals surface area contributed by atoms with E-state index in [1.54, 1.807) is 24.1 Å². The van der Waals surface area contributed by atoms with Crippen LogP contribution in [0, 0.1) is 0 Å². The minimum Gasteiger partial charge on any atom is -0.368 e. The molecule has 1 aliphatic heterocycles. The van der Waals surface area contributed by atoms with Gasteiger partial charge in [-0.05, 0) is 24.3 Å². The molecule has 1 aromatic carbocycles. The molecule has 2 aromatic heterocycles. The molecule has 1 saturated heterocycles. The van der Waals surface area contributed by atoms with Crippen LogP contribution in [-0.4, -0.2) is 62.8 Å². The summed E-state index contributed by atoms with van der Waals surface area (Å²) in [7, 11) is 1.68. The van der Waals surface area contributed by atoms with E-state index in [4.69, 9.17) is 0 Å². The monoisotopic (exact) mass is 431 g/mol. The van der Waals surface area contributed by atoms with E-state index in [-0.39, 0.29) is 11.7 Å². The summed E-state index contributed by atoms with van der Waals surface area (Å²) in [6.07, 6.45) is -1.45. The smallest absolute Gasteiger partial charge is 0.294 e. The Bertz CT molecular complexity index is 1070. The molecule has 0 unspecified atom stereocenters. The van der Waals surface area contributed by atoms with E-state index >= 15 is 0 Å². The zero-order chi connectivity index (χ0) is 22.0. The summed E-state index contributed by atoms with van der Waals surface area (Å²) in [6, 6.07) is 7.99. The molecule has 2 amide bonds. The summed E-state index contributed by atoms with van der Waals surface area (Å²) in [5.41, 5.74) is 0.834. The summed E-state index contributed by atoms with van der Waals surface area (Å²) in [5, 5.41) is 9.67. The number of anilines is 2. The second-order valence-electron chi connectivity index (χ2n) is 6.90. The van der Waals surface area contributed by atoms with Crippen LogP contribution in [0.3, 0.4) is 0 Å². The van der Waals surface area contributed by atoms with E-state index in [9.17, 15) is 18.4 Å². The third kappa shape index (κ3) is 4.37. The molecule has 4 rings (SSSR count). The minimum absolute atomic E-state index is 0.153. The van der Waals surface area contributed by atoms with E-state index in [1.807, 2.05) is 12.1 Å². The van der Waals surface area contributed by atoms with Gasteiger partial charge in [-0.25, -0.2) is 18.4 Å². The van der Waals surface area contributed by atoms with E-state index in [0.717, 1.165) is 11.8 Å². The van der Waals surface area contributed by atoms with Gasteiger partial charge in [-0.1, -0.05) is 5.16 Å². The first-order chi connectivity index (χ1) is 14.9. The fourth-order valence-corrected chi connectivity index (χ4v) is 3.25. The summed E-state index contributed by atoms with van der Waals surface area (Å²) < 4.78 is 31.2. The fourth-order valence-electron chi connectivity index (χ4n) is 3.25. The van der Waals surface area contributed by atoms with Crippen molar-refractivity contribution in [2.24, 2.45) is 7.05 Å². The van der Waals surface area contributed by atoms with Crippen LogP contribution in [0.25, 0.3) is 0 Å². The molecule has 3 heterocycles. The largest absolute Gasteiger partial charge is 0.368 e. The second kappa shape index (κ2) is 8.50. The van der Waals surface area contributed by atoms with E-state index in [1.165, 1.54) is 11.0 Å². The lowest BCUT2D eigenvalue weighted by atomic mass is 10.2. The maximum absolute atomic E-state index is 12.6. The maximum Gasteiger partial charge on any atom is 0.294 e. The van der Waals surface area contributed by atoms with Crippen LogP contribution in [0.2, 0.25) is 0 Å². The number of benzene rings is 1. The van der Waals surface area contributed by atoms with Crippen molar-refractivity contribution in [1.29, 1.82) is 0 Å². The van der Waals surface area contributed by atoms with Gasteiger partial charge >= 0.3 is 0 Å². The van der Waals surface area contributed by atoms with Gasteiger partial charge in [-0.15, -0.1) is 0 Å². The second-order valence-corrected chi connectivity index (χ2v) is 6.90. The highest BCUT2D eigenvalue weighted by Crippen LogP contribution is 2.22. The first-order valence-corrected chi connectivity index (χ1v) is 9.47. The van der Waals surface area contributed by atoms with Gasteiger partial charge in [0.1, 0.15) is 6.33 Å². The summed E-state index contributed by atoms with van der Waals surface area (Å²) >= 11 is 0. The van der Waals surface area contributed by atoms with E-state index < -0.39 is 18.0 Å². The van der Waals surface area contributed by atoms with Gasteiger partial charge in [-0.3, -0.25) is 9.59 Å². The van der Waals surface area contributed by atoms with Crippen LogP contribution in [0.15, 0.2) is 41.2 Å². The summed E-state index contributed by atoms with van der Waals surface area (Å²) in [4.78, 5) is 32.5. The first-order valence-electron chi connectivity index (χ1n) is 9.47. The Balaban J connectivity index is 1.33. The normalized spacial score (nSPS) is 14.2. The van der Waals surface area contributed by atoms with E-state index in [2.05, 4.69) is 30.0 Å². The van der Waals surface area contributed by atoms with Gasteiger partial charge in [-0.2, -0.15) is 5.10 Å². The molecular weight excluding hydrogens is 412 g/mol. The summed E-state index contributed by atoms with van der Waals surface area (Å²) in [6.45, 7) is 2.37. The number of amides is 2. The molecule has 31 heavy (non-hydrogen) atoms. The number of carbonyl (C=O) groups is 2. The van der Waals surface area contributed by atoms with Gasteiger partial charge in [0.2, 0.25) is 11.6 Å². The number of rotatable bonds is 5. The molecule has 1 fully saturated rings. The van der Waals surface area contributed by atoms with Gasteiger partial charge in [0.15, 0.2) is 5.69 Å².